The van der Waals surface area contributed by atoms with Crippen LogP contribution in [0.25, 0.3) is 10.6 Å². The van der Waals surface area contributed by atoms with E-state index in [2.05, 4.69) is 33.7 Å². The first-order chi connectivity index (χ1) is 10.3. The van der Waals surface area contributed by atoms with E-state index in [1.54, 1.807) is 11.3 Å². The van der Waals surface area contributed by atoms with Gasteiger partial charge in [0.05, 0.1) is 29.0 Å². The summed E-state index contributed by atoms with van der Waals surface area (Å²) in [6.45, 7) is 2.83. The minimum absolute atomic E-state index is 0.0890. The van der Waals surface area contributed by atoms with E-state index in [1.807, 2.05) is 30.5 Å². The van der Waals surface area contributed by atoms with E-state index in [9.17, 15) is 0 Å². The number of benzene rings is 1. The maximum atomic E-state index is 6.03. The van der Waals surface area contributed by atoms with Crippen LogP contribution < -0.4 is 10.1 Å². The summed E-state index contributed by atoms with van der Waals surface area (Å²) in [6.07, 6.45) is 1.80. The van der Waals surface area contributed by atoms with Gasteiger partial charge in [0, 0.05) is 0 Å². The third-order valence-electron chi connectivity index (χ3n) is 3.64. The molecule has 4 rings (SSSR count). The molecule has 3 heterocycles. The number of ether oxygens (including phenoxy) is 1. The van der Waals surface area contributed by atoms with Crippen molar-refractivity contribution in [3.63, 3.8) is 0 Å². The number of hydrogen-bond acceptors (Lipinski definition) is 4. The van der Waals surface area contributed by atoms with Crippen molar-refractivity contribution in [3.05, 3.63) is 53.3 Å². The van der Waals surface area contributed by atoms with Gasteiger partial charge in [-0.25, -0.2) is 4.98 Å². The molecule has 1 aliphatic rings. The summed E-state index contributed by atoms with van der Waals surface area (Å²) in [5.41, 5.74) is 3.36. The lowest BCUT2D eigenvalue weighted by Gasteiger charge is -2.25. The standard InChI is InChI=1S/C16H15N3OS/c1-10-6-7-21-15(10)12-8-18-16(19-12)14-9-17-11-4-2-3-5-13(11)20-14/h2-8,14,17H,9H2,1H3,(H,18,19). The molecular formula is C16H15N3OS. The summed E-state index contributed by atoms with van der Waals surface area (Å²) in [4.78, 5) is 9.12. The van der Waals surface area contributed by atoms with Crippen LogP contribution in [0.4, 0.5) is 5.69 Å². The molecule has 21 heavy (non-hydrogen) atoms. The molecular weight excluding hydrogens is 282 g/mol. The average Bonchev–Trinajstić information content (AvgIpc) is 3.15. The van der Waals surface area contributed by atoms with Crippen LogP contribution >= 0.6 is 11.3 Å². The summed E-state index contributed by atoms with van der Waals surface area (Å²) >= 11 is 1.72. The highest BCUT2D eigenvalue weighted by molar-refractivity contribution is 7.13. The highest BCUT2D eigenvalue weighted by atomic mass is 32.1. The Hall–Kier alpha value is -2.27. The van der Waals surface area contributed by atoms with Crippen molar-refractivity contribution >= 4 is 17.0 Å². The Labute approximate surface area is 126 Å². The molecule has 0 fully saturated rings. The van der Waals surface area contributed by atoms with E-state index in [4.69, 9.17) is 4.74 Å². The van der Waals surface area contributed by atoms with Crippen molar-refractivity contribution in [2.75, 3.05) is 11.9 Å². The van der Waals surface area contributed by atoms with Gasteiger partial charge in [0.25, 0.3) is 0 Å². The summed E-state index contributed by atoms with van der Waals surface area (Å²) in [7, 11) is 0. The van der Waals surface area contributed by atoms with Gasteiger partial charge in [0.2, 0.25) is 0 Å². The molecule has 3 aromatic rings. The molecule has 1 aliphatic heterocycles. The van der Waals surface area contributed by atoms with E-state index in [1.165, 1.54) is 10.4 Å². The van der Waals surface area contributed by atoms with Crippen molar-refractivity contribution in [2.24, 2.45) is 0 Å². The Morgan fingerprint density at radius 1 is 1.29 bits per heavy atom. The lowest BCUT2D eigenvalue weighted by Crippen LogP contribution is -2.24. The molecule has 2 N–H and O–H groups in total. The van der Waals surface area contributed by atoms with Crippen LogP contribution in [0, 0.1) is 6.92 Å². The van der Waals surface area contributed by atoms with Crippen LogP contribution in [0.15, 0.2) is 41.9 Å². The average molecular weight is 297 g/mol. The van der Waals surface area contributed by atoms with E-state index < -0.39 is 0 Å². The third kappa shape index (κ3) is 2.19. The van der Waals surface area contributed by atoms with Gasteiger partial charge in [-0.3, -0.25) is 0 Å². The lowest BCUT2D eigenvalue weighted by atomic mass is 10.2. The predicted molar refractivity (Wildman–Crippen MR) is 84.9 cm³/mol. The zero-order valence-electron chi connectivity index (χ0n) is 11.6. The van der Waals surface area contributed by atoms with Crippen LogP contribution in [-0.4, -0.2) is 16.5 Å². The van der Waals surface area contributed by atoms with Crippen molar-refractivity contribution in [1.29, 1.82) is 0 Å². The van der Waals surface area contributed by atoms with Crippen LogP contribution in [0.1, 0.15) is 17.5 Å². The van der Waals surface area contributed by atoms with Gasteiger partial charge in [0.15, 0.2) is 6.10 Å². The van der Waals surface area contributed by atoms with Gasteiger partial charge < -0.3 is 15.0 Å². The molecule has 0 aliphatic carbocycles. The van der Waals surface area contributed by atoms with Gasteiger partial charge in [-0.05, 0) is 36.1 Å². The highest BCUT2D eigenvalue weighted by Gasteiger charge is 2.23. The van der Waals surface area contributed by atoms with E-state index in [0.29, 0.717) is 6.54 Å². The van der Waals surface area contributed by atoms with E-state index >= 15 is 0 Å². The van der Waals surface area contributed by atoms with Gasteiger partial charge in [0.1, 0.15) is 11.6 Å². The molecule has 0 amide bonds. The summed E-state index contributed by atoms with van der Waals surface area (Å²) in [5, 5.41) is 5.48. The number of nitrogens with zero attached hydrogens (tertiary/aromatic N) is 1. The molecule has 0 radical (unpaired) electrons. The third-order valence-corrected chi connectivity index (χ3v) is 4.69. The van der Waals surface area contributed by atoms with Crippen molar-refractivity contribution in [3.8, 4) is 16.3 Å². The second kappa shape index (κ2) is 4.93. The highest BCUT2D eigenvalue weighted by Crippen LogP contribution is 2.34. The molecule has 2 aromatic heterocycles. The maximum Gasteiger partial charge on any atom is 0.173 e. The smallest absolute Gasteiger partial charge is 0.173 e. The van der Waals surface area contributed by atoms with E-state index in [0.717, 1.165) is 23.0 Å². The largest absolute Gasteiger partial charge is 0.478 e. The van der Waals surface area contributed by atoms with Crippen LogP contribution in [0.2, 0.25) is 0 Å². The number of aromatic nitrogens is 2. The number of hydrogen-bond donors (Lipinski definition) is 2. The molecule has 5 heteroatoms. The molecule has 0 saturated carbocycles. The number of thiophene rings is 1. The minimum Gasteiger partial charge on any atom is -0.478 e. The number of nitrogens with one attached hydrogen (secondary N) is 2. The molecule has 4 nitrogen and oxygen atoms in total. The topological polar surface area (TPSA) is 49.9 Å². The van der Waals surface area contributed by atoms with Crippen molar-refractivity contribution in [2.45, 2.75) is 13.0 Å². The number of imidazole rings is 1. The number of aryl methyl sites for hydroxylation is 1. The number of aromatic amines is 1. The van der Waals surface area contributed by atoms with Crippen LogP contribution in [0.3, 0.4) is 0 Å². The van der Waals surface area contributed by atoms with Crippen LogP contribution in [0.5, 0.6) is 5.75 Å². The number of anilines is 1. The van der Waals surface area contributed by atoms with Gasteiger partial charge in [-0.15, -0.1) is 11.3 Å². The molecule has 0 saturated heterocycles. The van der Waals surface area contributed by atoms with Gasteiger partial charge >= 0.3 is 0 Å². The predicted octanol–water partition coefficient (Wildman–Crippen LogP) is 3.99. The van der Waals surface area contributed by atoms with Crippen molar-refractivity contribution < 1.29 is 4.74 Å². The maximum absolute atomic E-state index is 6.03. The first kappa shape index (κ1) is 12.5. The zero-order valence-corrected chi connectivity index (χ0v) is 12.4. The molecule has 1 atom stereocenters. The first-order valence-corrected chi connectivity index (χ1v) is 7.78. The first-order valence-electron chi connectivity index (χ1n) is 6.90. The number of fused-ring (bicyclic) bond motifs is 1. The second-order valence-electron chi connectivity index (χ2n) is 5.10. The van der Waals surface area contributed by atoms with E-state index in [-0.39, 0.29) is 6.10 Å². The van der Waals surface area contributed by atoms with Crippen molar-refractivity contribution in [1.82, 2.24) is 9.97 Å². The van der Waals surface area contributed by atoms with Crippen LogP contribution in [-0.2, 0) is 0 Å². The molecule has 1 aromatic carbocycles. The quantitative estimate of drug-likeness (QED) is 0.752. The zero-order chi connectivity index (χ0) is 14.2. The number of H-pyrrole nitrogens is 1. The fourth-order valence-corrected chi connectivity index (χ4v) is 3.42. The Morgan fingerprint density at radius 2 is 2.19 bits per heavy atom. The molecule has 0 spiro atoms. The Kier molecular flexibility index (Phi) is 2.93. The fourth-order valence-electron chi connectivity index (χ4n) is 2.53. The van der Waals surface area contributed by atoms with Gasteiger partial charge in [-0.2, -0.15) is 0 Å². The molecule has 0 bridgehead atoms. The Morgan fingerprint density at radius 3 is 3.05 bits per heavy atom. The molecule has 1 unspecified atom stereocenters. The Balaban J connectivity index is 1.61. The fraction of sp³-hybridized carbons (Fsp3) is 0.188. The second-order valence-corrected chi connectivity index (χ2v) is 6.01. The summed E-state index contributed by atoms with van der Waals surface area (Å²) in [6, 6.07) is 10.1. The monoisotopic (exact) mass is 297 g/mol. The van der Waals surface area contributed by atoms with Gasteiger partial charge in [-0.1, -0.05) is 12.1 Å². The Bertz CT molecular complexity index is 777. The number of rotatable bonds is 2. The summed E-state index contributed by atoms with van der Waals surface area (Å²) < 4.78 is 6.03. The number of para-hydroxylation sites is 2. The lowest BCUT2D eigenvalue weighted by molar-refractivity contribution is 0.201. The minimum atomic E-state index is -0.0890. The SMILES string of the molecule is Cc1ccsc1-c1cnc(C2CNc3ccccc3O2)[nH]1. The molecule has 106 valence electrons. The summed E-state index contributed by atoms with van der Waals surface area (Å²) in [5.74, 6) is 1.74. The normalized spacial score (nSPS) is 16.9.